The van der Waals surface area contributed by atoms with Crippen LogP contribution in [0.15, 0.2) is 42.5 Å². The highest BCUT2D eigenvalue weighted by Gasteiger charge is 2.36. The van der Waals surface area contributed by atoms with Crippen molar-refractivity contribution < 1.29 is 19.1 Å². The second-order valence-electron chi connectivity index (χ2n) is 8.13. The molecule has 2 aliphatic heterocycles. The number of fused-ring (bicyclic) bond motifs is 3. The van der Waals surface area contributed by atoms with Crippen LogP contribution < -0.4 is 15.5 Å². The van der Waals surface area contributed by atoms with Gasteiger partial charge in [0.15, 0.2) is 6.61 Å². The number of amides is 2. The zero-order valence-electron chi connectivity index (χ0n) is 17.8. The molecule has 2 atom stereocenters. The van der Waals surface area contributed by atoms with Crippen molar-refractivity contribution in [2.24, 2.45) is 0 Å². The van der Waals surface area contributed by atoms with Gasteiger partial charge in [-0.25, -0.2) is 4.79 Å². The fourth-order valence-corrected chi connectivity index (χ4v) is 4.10. The molecule has 7 nitrogen and oxygen atoms in total. The Hall–Kier alpha value is -3.35. The maximum atomic E-state index is 12.4. The van der Waals surface area contributed by atoms with E-state index in [4.69, 9.17) is 4.74 Å². The molecule has 2 amide bonds. The van der Waals surface area contributed by atoms with Crippen molar-refractivity contribution in [1.82, 2.24) is 0 Å². The third kappa shape index (κ3) is 4.40. The molecule has 1 saturated heterocycles. The highest BCUT2D eigenvalue weighted by atomic mass is 16.5. The molecule has 2 aliphatic rings. The Labute approximate surface area is 181 Å². The van der Waals surface area contributed by atoms with E-state index in [2.05, 4.69) is 29.4 Å². The van der Waals surface area contributed by atoms with E-state index in [1.54, 1.807) is 12.1 Å². The summed E-state index contributed by atoms with van der Waals surface area (Å²) in [5.41, 5.74) is 3.68. The first-order chi connectivity index (χ1) is 15.0. The molecular weight excluding hydrogens is 394 g/mol. The minimum absolute atomic E-state index is 0.0470. The van der Waals surface area contributed by atoms with Gasteiger partial charge in [0, 0.05) is 12.2 Å². The molecular formula is C24H27N3O4. The van der Waals surface area contributed by atoms with Gasteiger partial charge in [-0.05, 0) is 61.1 Å². The van der Waals surface area contributed by atoms with Gasteiger partial charge in [-0.15, -0.1) is 0 Å². The first-order valence-electron chi connectivity index (χ1n) is 10.7. The van der Waals surface area contributed by atoms with E-state index in [0.29, 0.717) is 22.9 Å². The van der Waals surface area contributed by atoms with Crippen LogP contribution in [0.25, 0.3) is 0 Å². The van der Waals surface area contributed by atoms with Crippen molar-refractivity contribution in [2.45, 2.75) is 45.1 Å². The number of ether oxygens (including phenoxy) is 1. The monoisotopic (exact) mass is 421 g/mol. The van der Waals surface area contributed by atoms with Crippen molar-refractivity contribution in [1.29, 1.82) is 0 Å². The van der Waals surface area contributed by atoms with Gasteiger partial charge in [-0.2, -0.15) is 0 Å². The highest BCUT2D eigenvalue weighted by molar-refractivity contribution is 6.05. The molecule has 0 aliphatic carbocycles. The number of carbonyl (C=O) groups is 3. The Bertz CT molecular complexity index is 1000. The van der Waals surface area contributed by atoms with E-state index in [-0.39, 0.29) is 18.6 Å². The smallest absolute Gasteiger partial charge is 0.338 e. The van der Waals surface area contributed by atoms with Crippen LogP contribution in [0.1, 0.15) is 54.9 Å². The molecule has 7 heteroatoms. The molecule has 2 heterocycles. The topological polar surface area (TPSA) is 87.7 Å². The minimum atomic E-state index is -0.608. The number of rotatable bonds is 6. The summed E-state index contributed by atoms with van der Waals surface area (Å²) in [4.78, 5) is 38.9. The zero-order valence-corrected chi connectivity index (χ0v) is 17.8. The SMILES string of the molecule is CC[C@H](C)c1ccc(NC(=O)COC(=O)c2ccc3c(c2)NC(=O)[C@@H]2CCCN32)cc1. The normalized spacial score (nSPS) is 17.9. The largest absolute Gasteiger partial charge is 0.452 e. The molecule has 0 saturated carbocycles. The fourth-order valence-electron chi connectivity index (χ4n) is 4.10. The zero-order chi connectivity index (χ0) is 22.0. The van der Waals surface area contributed by atoms with Crippen LogP contribution in [0.5, 0.6) is 0 Å². The summed E-state index contributed by atoms with van der Waals surface area (Å²) in [5, 5.41) is 5.61. The summed E-state index contributed by atoms with van der Waals surface area (Å²) < 4.78 is 5.17. The predicted octanol–water partition coefficient (Wildman–Crippen LogP) is 3.92. The van der Waals surface area contributed by atoms with Crippen molar-refractivity contribution >= 4 is 34.8 Å². The van der Waals surface area contributed by atoms with Gasteiger partial charge in [0.1, 0.15) is 6.04 Å². The van der Waals surface area contributed by atoms with Gasteiger partial charge in [-0.1, -0.05) is 26.0 Å². The van der Waals surface area contributed by atoms with E-state index in [0.717, 1.165) is 31.5 Å². The lowest BCUT2D eigenvalue weighted by atomic mass is 9.99. The van der Waals surface area contributed by atoms with E-state index in [1.165, 1.54) is 5.56 Å². The molecule has 0 radical (unpaired) electrons. The van der Waals surface area contributed by atoms with E-state index in [1.807, 2.05) is 30.3 Å². The number of nitrogens with zero attached hydrogens (tertiary/aromatic N) is 1. The summed E-state index contributed by atoms with van der Waals surface area (Å²) in [6.07, 6.45) is 2.86. The predicted molar refractivity (Wildman–Crippen MR) is 119 cm³/mol. The van der Waals surface area contributed by atoms with Crippen molar-refractivity contribution in [3.63, 3.8) is 0 Å². The van der Waals surface area contributed by atoms with Gasteiger partial charge < -0.3 is 20.3 Å². The molecule has 1 fully saturated rings. The van der Waals surface area contributed by atoms with Gasteiger partial charge in [0.05, 0.1) is 16.9 Å². The second kappa shape index (κ2) is 8.79. The lowest BCUT2D eigenvalue weighted by Gasteiger charge is -2.33. The van der Waals surface area contributed by atoms with Gasteiger partial charge in [-0.3, -0.25) is 9.59 Å². The maximum absolute atomic E-state index is 12.4. The second-order valence-corrected chi connectivity index (χ2v) is 8.13. The molecule has 2 N–H and O–H groups in total. The molecule has 4 rings (SSSR count). The molecule has 2 aromatic rings. The van der Waals surface area contributed by atoms with Gasteiger partial charge in [0.25, 0.3) is 5.91 Å². The molecule has 31 heavy (non-hydrogen) atoms. The van der Waals surface area contributed by atoms with E-state index < -0.39 is 11.9 Å². The van der Waals surface area contributed by atoms with Gasteiger partial charge >= 0.3 is 5.97 Å². The molecule has 2 aromatic carbocycles. The fraction of sp³-hybridized carbons (Fsp3) is 0.375. The van der Waals surface area contributed by atoms with Crippen LogP contribution in [0, 0.1) is 0 Å². The molecule has 0 bridgehead atoms. The van der Waals surface area contributed by atoms with Crippen LogP contribution in [-0.2, 0) is 14.3 Å². The molecule has 162 valence electrons. The Morgan fingerprint density at radius 1 is 1.23 bits per heavy atom. The summed E-state index contributed by atoms with van der Waals surface area (Å²) in [7, 11) is 0. The van der Waals surface area contributed by atoms with E-state index >= 15 is 0 Å². The minimum Gasteiger partial charge on any atom is -0.452 e. The summed E-state index contributed by atoms with van der Waals surface area (Å²) in [6, 6.07) is 12.6. The Morgan fingerprint density at radius 2 is 2.00 bits per heavy atom. The van der Waals surface area contributed by atoms with Crippen LogP contribution in [0.4, 0.5) is 17.1 Å². The number of anilines is 3. The maximum Gasteiger partial charge on any atom is 0.338 e. The summed E-state index contributed by atoms with van der Waals surface area (Å²) in [6.45, 7) is 4.73. The Balaban J connectivity index is 1.34. The number of esters is 1. The summed E-state index contributed by atoms with van der Waals surface area (Å²) in [5.74, 6) is -0.601. The number of hydrogen-bond donors (Lipinski definition) is 2. The van der Waals surface area contributed by atoms with Crippen LogP contribution >= 0.6 is 0 Å². The average Bonchev–Trinajstić information content (AvgIpc) is 3.28. The first-order valence-corrected chi connectivity index (χ1v) is 10.7. The molecule has 0 unspecified atom stereocenters. The Morgan fingerprint density at radius 3 is 2.74 bits per heavy atom. The van der Waals surface area contributed by atoms with Crippen molar-refractivity contribution in [2.75, 3.05) is 28.7 Å². The van der Waals surface area contributed by atoms with Gasteiger partial charge in [0.2, 0.25) is 5.91 Å². The quantitative estimate of drug-likeness (QED) is 0.691. The molecule has 0 aromatic heterocycles. The third-order valence-corrected chi connectivity index (χ3v) is 6.07. The standard InChI is InChI=1S/C24H27N3O4/c1-3-15(2)16-6-9-18(10-7-16)25-22(28)14-31-24(30)17-8-11-20-19(13-17)26-23(29)21-5-4-12-27(20)21/h6-11,13,15,21H,3-5,12,14H2,1-2H3,(H,25,28)(H,26,29)/t15-,21-/m0/s1. The number of benzene rings is 2. The van der Waals surface area contributed by atoms with Crippen LogP contribution in [0.2, 0.25) is 0 Å². The summed E-state index contributed by atoms with van der Waals surface area (Å²) >= 11 is 0. The lowest BCUT2D eigenvalue weighted by Crippen LogP contribution is -2.43. The van der Waals surface area contributed by atoms with Crippen molar-refractivity contribution in [3.05, 3.63) is 53.6 Å². The lowest BCUT2D eigenvalue weighted by molar-refractivity contribution is -0.119. The number of carbonyl (C=O) groups excluding carboxylic acids is 3. The van der Waals surface area contributed by atoms with Crippen molar-refractivity contribution in [3.8, 4) is 0 Å². The first kappa shape index (κ1) is 20.9. The molecule has 0 spiro atoms. The number of hydrogen-bond acceptors (Lipinski definition) is 5. The average molecular weight is 421 g/mol. The van der Waals surface area contributed by atoms with Crippen LogP contribution in [-0.4, -0.2) is 37.0 Å². The highest BCUT2D eigenvalue weighted by Crippen LogP contribution is 2.37. The number of nitrogens with one attached hydrogen (secondary N) is 2. The van der Waals surface area contributed by atoms with Crippen LogP contribution in [0.3, 0.4) is 0 Å². The Kier molecular flexibility index (Phi) is 5.93. The third-order valence-electron chi connectivity index (χ3n) is 6.07. The van der Waals surface area contributed by atoms with E-state index in [9.17, 15) is 14.4 Å².